The molecule has 5 nitrogen and oxygen atoms in total. The SMILES string of the molecule is N#Cc1ccc(NS(=O)(=O)C2[C@@H]3C=C[C@@H](C3)[C@@H]2CO)cc1C(F)(F)F. The maximum absolute atomic E-state index is 13.0. The highest BCUT2D eigenvalue weighted by Crippen LogP contribution is 2.47. The molecule has 0 aliphatic heterocycles. The van der Waals surface area contributed by atoms with Crippen LogP contribution in [0.25, 0.3) is 0 Å². The second-order valence-electron chi connectivity index (χ2n) is 6.28. The van der Waals surface area contributed by atoms with E-state index in [4.69, 9.17) is 5.26 Å². The van der Waals surface area contributed by atoms with Crippen molar-refractivity contribution in [2.75, 3.05) is 11.3 Å². The number of nitriles is 1. The predicted octanol–water partition coefficient (Wildman–Crippen LogP) is 2.50. The molecule has 0 spiro atoms. The fourth-order valence-corrected chi connectivity index (χ4v) is 5.75. The number of benzene rings is 1. The number of nitrogens with zero attached hydrogens (tertiary/aromatic N) is 1. The second kappa shape index (κ2) is 6.04. The van der Waals surface area contributed by atoms with Crippen LogP contribution in [0.1, 0.15) is 17.5 Å². The number of hydrogen-bond donors (Lipinski definition) is 2. The normalized spacial score (nSPS) is 28.1. The molecule has 1 unspecified atom stereocenters. The van der Waals surface area contributed by atoms with Gasteiger partial charge < -0.3 is 5.11 Å². The molecule has 1 saturated carbocycles. The van der Waals surface area contributed by atoms with Crippen LogP contribution in [0.15, 0.2) is 30.4 Å². The molecule has 2 aliphatic rings. The summed E-state index contributed by atoms with van der Waals surface area (Å²) in [6.07, 6.45) is -0.505. The molecule has 1 aromatic carbocycles. The van der Waals surface area contributed by atoms with E-state index >= 15 is 0 Å². The molecule has 0 saturated heterocycles. The van der Waals surface area contributed by atoms with Crippen LogP contribution in [-0.4, -0.2) is 25.4 Å². The summed E-state index contributed by atoms with van der Waals surface area (Å²) >= 11 is 0. The zero-order valence-corrected chi connectivity index (χ0v) is 13.7. The lowest BCUT2D eigenvalue weighted by Gasteiger charge is -2.26. The van der Waals surface area contributed by atoms with Crippen LogP contribution in [0.3, 0.4) is 0 Å². The van der Waals surface area contributed by atoms with Gasteiger partial charge in [0.15, 0.2) is 0 Å². The highest BCUT2D eigenvalue weighted by atomic mass is 32.2. The number of alkyl halides is 3. The Morgan fingerprint density at radius 3 is 2.56 bits per heavy atom. The number of aliphatic hydroxyl groups excluding tert-OH is 1. The third-order valence-electron chi connectivity index (χ3n) is 4.82. The molecule has 3 rings (SSSR count). The van der Waals surface area contributed by atoms with Gasteiger partial charge in [0.25, 0.3) is 0 Å². The van der Waals surface area contributed by atoms with Crippen LogP contribution in [0, 0.1) is 29.1 Å². The topological polar surface area (TPSA) is 90.2 Å². The van der Waals surface area contributed by atoms with Gasteiger partial charge >= 0.3 is 6.18 Å². The minimum atomic E-state index is -4.77. The number of fused-ring (bicyclic) bond motifs is 2. The zero-order chi connectivity index (χ0) is 18.4. The van der Waals surface area contributed by atoms with Crippen LogP contribution in [0.2, 0.25) is 0 Å². The van der Waals surface area contributed by atoms with Crippen molar-refractivity contribution >= 4 is 15.7 Å². The van der Waals surface area contributed by atoms with Crippen molar-refractivity contribution < 1.29 is 26.7 Å². The van der Waals surface area contributed by atoms with Gasteiger partial charge in [0.1, 0.15) is 0 Å². The predicted molar refractivity (Wildman–Crippen MR) is 83.8 cm³/mol. The maximum atomic E-state index is 13.0. The summed E-state index contributed by atoms with van der Waals surface area (Å²) in [5.41, 5.74) is -2.02. The summed E-state index contributed by atoms with van der Waals surface area (Å²) in [4.78, 5) is 0. The van der Waals surface area contributed by atoms with Crippen molar-refractivity contribution in [1.29, 1.82) is 5.26 Å². The first-order valence-corrected chi connectivity index (χ1v) is 9.14. The molecule has 0 radical (unpaired) electrons. The lowest BCUT2D eigenvalue weighted by atomic mass is 9.94. The molecular formula is C16H15F3N2O3S. The molecule has 134 valence electrons. The number of sulfonamides is 1. The number of nitrogens with one attached hydrogen (secondary N) is 1. The monoisotopic (exact) mass is 372 g/mol. The molecule has 2 N–H and O–H groups in total. The molecule has 2 aliphatic carbocycles. The van der Waals surface area contributed by atoms with Gasteiger partial charge in [-0.2, -0.15) is 18.4 Å². The van der Waals surface area contributed by atoms with Crippen molar-refractivity contribution in [1.82, 2.24) is 0 Å². The smallest absolute Gasteiger partial charge is 0.396 e. The fourth-order valence-electron chi connectivity index (χ4n) is 3.75. The first-order chi connectivity index (χ1) is 11.7. The van der Waals surface area contributed by atoms with E-state index in [-0.39, 0.29) is 24.1 Å². The standard InChI is InChI=1S/C16H15F3N2O3S/c17-16(18,19)14-6-12(4-3-11(14)7-20)21-25(23,24)15-10-2-1-9(5-10)13(15)8-22/h1-4,6,9-10,13,15,21-22H,5,8H2/t9-,10+,13-,15?/m0/s1. The highest BCUT2D eigenvalue weighted by Gasteiger charge is 2.50. The summed E-state index contributed by atoms with van der Waals surface area (Å²) in [5, 5.41) is 17.4. The Balaban J connectivity index is 1.92. The van der Waals surface area contributed by atoms with Crippen molar-refractivity contribution in [2.45, 2.75) is 17.8 Å². The quantitative estimate of drug-likeness (QED) is 0.795. The van der Waals surface area contributed by atoms with Crippen LogP contribution in [0.5, 0.6) is 0 Å². The molecule has 0 amide bonds. The van der Waals surface area contributed by atoms with Gasteiger partial charge in [-0.15, -0.1) is 0 Å². The Kier molecular flexibility index (Phi) is 4.29. The third-order valence-corrected chi connectivity index (χ3v) is 6.75. The Bertz CT molecular complexity index is 858. The summed E-state index contributed by atoms with van der Waals surface area (Å²) in [5.74, 6) is -0.781. The zero-order valence-electron chi connectivity index (χ0n) is 12.9. The molecule has 9 heteroatoms. The average molecular weight is 372 g/mol. The number of allylic oxidation sites excluding steroid dienone is 2. The van der Waals surface area contributed by atoms with E-state index in [2.05, 4.69) is 4.72 Å². The minimum absolute atomic E-state index is 0.0386. The van der Waals surface area contributed by atoms with Gasteiger partial charge in [-0.3, -0.25) is 4.72 Å². The Labute approximate surface area is 142 Å². The second-order valence-corrected chi connectivity index (χ2v) is 8.11. The van der Waals surface area contributed by atoms with E-state index < -0.39 is 38.5 Å². The number of aliphatic hydroxyl groups is 1. The van der Waals surface area contributed by atoms with E-state index in [0.29, 0.717) is 12.5 Å². The Morgan fingerprint density at radius 1 is 1.28 bits per heavy atom. The van der Waals surface area contributed by atoms with Crippen LogP contribution < -0.4 is 4.72 Å². The molecule has 1 fully saturated rings. The molecule has 4 atom stereocenters. The fraction of sp³-hybridized carbons (Fsp3) is 0.438. The minimum Gasteiger partial charge on any atom is -0.396 e. The van der Waals surface area contributed by atoms with E-state index in [1.54, 1.807) is 6.08 Å². The third kappa shape index (κ3) is 3.12. The largest absolute Gasteiger partial charge is 0.417 e. The number of rotatable bonds is 4. The van der Waals surface area contributed by atoms with Crippen molar-refractivity contribution in [3.8, 4) is 6.07 Å². The van der Waals surface area contributed by atoms with Crippen LogP contribution in [0.4, 0.5) is 18.9 Å². The van der Waals surface area contributed by atoms with E-state index in [9.17, 15) is 26.7 Å². The lowest BCUT2D eigenvalue weighted by molar-refractivity contribution is -0.137. The molecule has 2 bridgehead atoms. The Morgan fingerprint density at radius 2 is 1.96 bits per heavy atom. The van der Waals surface area contributed by atoms with Gasteiger partial charge in [0, 0.05) is 18.2 Å². The number of anilines is 1. The molecule has 25 heavy (non-hydrogen) atoms. The van der Waals surface area contributed by atoms with Gasteiger partial charge in [0.05, 0.1) is 22.4 Å². The average Bonchev–Trinajstić information content (AvgIpc) is 3.14. The molecule has 0 aromatic heterocycles. The van der Waals surface area contributed by atoms with Crippen LogP contribution in [-0.2, 0) is 16.2 Å². The summed E-state index contributed by atoms with van der Waals surface area (Å²) in [6.45, 7) is -0.307. The Hall–Kier alpha value is -2.05. The van der Waals surface area contributed by atoms with Crippen LogP contribution >= 0.6 is 0 Å². The summed E-state index contributed by atoms with van der Waals surface area (Å²) in [7, 11) is -4.00. The molecule has 0 heterocycles. The maximum Gasteiger partial charge on any atom is 0.417 e. The van der Waals surface area contributed by atoms with E-state index in [1.807, 2.05) is 6.08 Å². The summed E-state index contributed by atoms with van der Waals surface area (Å²) < 4.78 is 66.6. The first kappa shape index (κ1) is 17.8. The lowest BCUT2D eigenvalue weighted by Crippen LogP contribution is -2.39. The highest BCUT2D eigenvalue weighted by molar-refractivity contribution is 7.93. The van der Waals surface area contributed by atoms with Crippen molar-refractivity contribution in [2.24, 2.45) is 17.8 Å². The first-order valence-electron chi connectivity index (χ1n) is 7.59. The molecule has 1 aromatic rings. The van der Waals surface area contributed by atoms with E-state index in [0.717, 1.165) is 12.1 Å². The summed E-state index contributed by atoms with van der Waals surface area (Å²) in [6, 6.07) is 4.13. The van der Waals surface area contributed by atoms with Gasteiger partial charge in [0.2, 0.25) is 10.0 Å². The van der Waals surface area contributed by atoms with E-state index in [1.165, 1.54) is 6.07 Å². The number of hydrogen-bond acceptors (Lipinski definition) is 4. The van der Waals surface area contributed by atoms with Gasteiger partial charge in [-0.25, -0.2) is 8.42 Å². The number of halogens is 3. The van der Waals surface area contributed by atoms with Gasteiger partial charge in [-0.05, 0) is 36.5 Å². The van der Waals surface area contributed by atoms with Gasteiger partial charge in [-0.1, -0.05) is 12.2 Å². The van der Waals surface area contributed by atoms with Crippen molar-refractivity contribution in [3.63, 3.8) is 0 Å². The van der Waals surface area contributed by atoms with Crippen molar-refractivity contribution in [3.05, 3.63) is 41.5 Å². The molecular weight excluding hydrogens is 357 g/mol.